The highest BCUT2D eigenvalue weighted by Crippen LogP contribution is 2.42. The van der Waals surface area contributed by atoms with Gasteiger partial charge in [0, 0.05) is 36.5 Å². The molecule has 1 aliphatic heterocycles. The Morgan fingerprint density at radius 2 is 1.52 bits per heavy atom. The van der Waals surface area contributed by atoms with Crippen LogP contribution in [0.25, 0.3) is 10.9 Å². The smallest absolute Gasteiger partial charge is 0.408 e. The van der Waals surface area contributed by atoms with E-state index in [4.69, 9.17) is 14.2 Å². The van der Waals surface area contributed by atoms with Crippen LogP contribution in [0.2, 0.25) is 0 Å². The quantitative estimate of drug-likeness (QED) is 0.104. The number of aromatic amines is 1. The summed E-state index contributed by atoms with van der Waals surface area (Å²) in [6.07, 6.45) is 1.21. The van der Waals surface area contributed by atoms with Gasteiger partial charge in [0.25, 0.3) is 0 Å². The Balaban J connectivity index is 1.49. The Labute approximate surface area is 303 Å². The SMILES string of the molecule is COC(=O)[C@H](Cc1ccccc1)N1C(=O)[C@@](Cc2ccccc2)(C(=O)OC)C[C@@H]1CNC(=O)[C@@H](Cc1c[nH]c2ccccc12)NC(=O)OC(C)(C)C. The molecule has 4 atom stereocenters. The van der Waals surface area contributed by atoms with Crippen molar-refractivity contribution in [3.63, 3.8) is 0 Å². The predicted octanol–water partition coefficient (Wildman–Crippen LogP) is 4.51. The van der Waals surface area contributed by atoms with Crippen LogP contribution in [-0.2, 0) is 52.7 Å². The second kappa shape index (κ2) is 16.1. The fraction of sp³-hybridized carbons (Fsp3) is 0.375. The van der Waals surface area contributed by atoms with Gasteiger partial charge < -0.3 is 34.7 Å². The third kappa shape index (κ3) is 8.62. The van der Waals surface area contributed by atoms with Gasteiger partial charge in [-0.05, 0) is 56.4 Å². The van der Waals surface area contributed by atoms with Crippen LogP contribution >= 0.6 is 0 Å². The number of fused-ring (bicyclic) bond motifs is 1. The molecule has 4 aromatic rings. The van der Waals surface area contributed by atoms with Gasteiger partial charge in [-0.3, -0.25) is 14.4 Å². The van der Waals surface area contributed by atoms with Gasteiger partial charge in [-0.25, -0.2) is 9.59 Å². The van der Waals surface area contributed by atoms with Gasteiger partial charge >= 0.3 is 18.0 Å². The monoisotopic (exact) mass is 710 g/mol. The van der Waals surface area contributed by atoms with Crippen molar-refractivity contribution in [3.05, 3.63) is 108 Å². The highest BCUT2D eigenvalue weighted by molar-refractivity contribution is 6.06. The molecule has 5 rings (SSSR count). The summed E-state index contributed by atoms with van der Waals surface area (Å²) in [5.74, 6) is -2.55. The predicted molar refractivity (Wildman–Crippen MR) is 194 cm³/mol. The number of rotatable bonds is 13. The van der Waals surface area contributed by atoms with E-state index in [0.29, 0.717) is 0 Å². The molecule has 3 aromatic carbocycles. The molecule has 0 saturated carbocycles. The van der Waals surface area contributed by atoms with E-state index in [9.17, 15) is 24.0 Å². The van der Waals surface area contributed by atoms with Crippen LogP contribution < -0.4 is 10.6 Å². The first-order chi connectivity index (χ1) is 24.8. The molecule has 1 saturated heterocycles. The minimum atomic E-state index is -1.69. The molecule has 1 aliphatic rings. The number of aromatic nitrogens is 1. The topological polar surface area (TPSA) is 156 Å². The van der Waals surface area contributed by atoms with Crippen molar-refractivity contribution in [1.82, 2.24) is 20.5 Å². The van der Waals surface area contributed by atoms with Crippen molar-refractivity contribution in [2.75, 3.05) is 20.8 Å². The minimum absolute atomic E-state index is 0.0168. The first-order valence-corrected chi connectivity index (χ1v) is 17.2. The van der Waals surface area contributed by atoms with Gasteiger partial charge in [0.15, 0.2) is 5.41 Å². The number of likely N-dealkylation sites (tertiary alicyclic amines) is 1. The summed E-state index contributed by atoms with van der Waals surface area (Å²) >= 11 is 0. The van der Waals surface area contributed by atoms with Crippen LogP contribution in [0.15, 0.2) is 91.1 Å². The number of hydrogen-bond acceptors (Lipinski definition) is 8. The van der Waals surface area contributed by atoms with Crippen LogP contribution in [0.4, 0.5) is 4.79 Å². The molecule has 1 fully saturated rings. The molecule has 3 N–H and O–H groups in total. The highest BCUT2D eigenvalue weighted by Gasteiger charge is 2.60. The number of ether oxygens (including phenoxy) is 3. The molecular formula is C40H46N4O8. The zero-order chi connectivity index (χ0) is 37.5. The van der Waals surface area contributed by atoms with E-state index < -0.39 is 59.0 Å². The van der Waals surface area contributed by atoms with Crippen LogP contribution in [0.5, 0.6) is 0 Å². The third-order valence-electron chi connectivity index (χ3n) is 9.25. The molecule has 52 heavy (non-hydrogen) atoms. The first-order valence-electron chi connectivity index (χ1n) is 17.2. The Bertz CT molecular complexity index is 1890. The van der Waals surface area contributed by atoms with Crippen LogP contribution in [0.1, 0.15) is 43.9 Å². The Kier molecular flexibility index (Phi) is 11.7. The third-order valence-corrected chi connectivity index (χ3v) is 9.25. The molecule has 0 radical (unpaired) electrons. The molecule has 3 amide bonds. The van der Waals surface area contributed by atoms with Crippen molar-refractivity contribution < 1.29 is 38.2 Å². The maximum absolute atomic E-state index is 14.7. The zero-order valence-electron chi connectivity index (χ0n) is 30.1. The van der Waals surface area contributed by atoms with Gasteiger partial charge in [0.2, 0.25) is 11.8 Å². The molecular weight excluding hydrogens is 664 g/mol. The number of nitrogens with one attached hydrogen (secondary N) is 3. The average Bonchev–Trinajstić information content (AvgIpc) is 3.66. The van der Waals surface area contributed by atoms with E-state index in [1.807, 2.05) is 84.9 Å². The normalized spacial score (nSPS) is 18.4. The molecule has 12 nitrogen and oxygen atoms in total. The summed E-state index contributed by atoms with van der Waals surface area (Å²) in [6, 6.07) is 22.9. The van der Waals surface area contributed by atoms with E-state index in [-0.39, 0.29) is 32.2 Å². The number of hydrogen-bond donors (Lipinski definition) is 3. The number of esters is 2. The van der Waals surface area contributed by atoms with E-state index in [2.05, 4.69) is 15.6 Å². The fourth-order valence-electron chi connectivity index (χ4n) is 6.89. The van der Waals surface area contributed by atoms with Gasteiger partial charge in [-0.1, -0.05) is 78.9 Å². The van der Waals surface area contributed by atoms with Gasteiger partial charge in [0.1, 0.15) is 17.7 Å². The standard InChI is InChI=1S/C40H46N4O8/c1-39(2,3)52-38(49)43-32(21-28-24-41-31-19-13-12-18-30(28)31)34(45)42-25-29-23-40(37(48)51-5,22-27-16-10-7-11-17-27)36(47)44(29)33(35(46)50-4)20-26-14-8-6-9-15-26/h6-19,24,29,32-33,41H,20-23,25H2,1-5H3,(H,42,45)(H,43,49)/t29-,32-,33+,40+/m1/s1. The number of carbonyl (C=O) groups is 5. The largest absolute Gasteiger partial charge is 0.468 e. The summed E-state index contributed by atoms with van der Waals surface area (Å²) in [6.45, 7) is 5.04. The van der Waals surface area contributed by atoms with Crippen LogP contribution in [-0.4, -0.2) is 84.2 Å². The van der Waals surface area contributed by atoms with Gasteiger partial charge in [-0.15, -0.1) is 0 Å². The maximum Gasteiger partial charge on any atom is 0.408 e. The average molecular weight is 711 g/mol. The van der Waals surface area contributed by atoms with E-state index in [1.54, 1.807) is 27.0 Å². The summed E-state index contributed by atoms with van der Waals surface area (Å²) in [5, 5.41) is 6.53. The molecule has 0 unspecified atom stereocenters. The Morgan fingerprint density at radius 1 is 0.885 bits per heavy atom. The minimum Gasteiger partial charge on any atom is -0.468 e. The van der Waals surface area contributed by atoms with Crippen molar-refractivity contribution in [2.24, 2.45) is 5.41 Å². The molecule has 0 aliphatic carbocycles. The molecule has 12 heteroatoms. The first kappa shape index (κ1) is 37.6. The number of carbonyl (C=O) groups excluding carboxylic acids is 5. The van der Waals surface area contributed by atoms with E-state index in [1.165, 1.54) is 19.1 Å². The second-order valence-electron chi connectivity index (χ2n) is 14.0. The molecule has 0 bridgehead atoms. The number of benzene rings is 3. The summed E-state index contributed by atoms with van der Waals surface area (Å²) in [7, 11) is 2.47. The fourth-order valence-corrected chi connectivity index (χ4v) is 6.89. The summed E-state index contributed by atoms with van der Waals surface area (Å²) in [5.41, 5.74) is 0.668. The molecule has 0 spiro atoms. The molecule has 2 heterocycles. The van der Waals surface area contributed by atoms with Gasteiger partial charge in [-0.2, -0.15) is 0 Å². The highest BCUT2D eigenvalue weighted by atomic mass is 16.6. The molecule has 1 aromatic heterocycles. The molecule has 274 valence electrons. The lowest BCUT2D eigenvalue weighted by Gasteiger charge is -2.32. The summed E-state index contributed by atoms with van der Waals surface area (Å²) < 4.78 is 15.9. The maximum atomic E-state index is 14.7. The number of para-hydroxylation sites is 1. The van der Waals surface area contributed by atoms with Gasteiger partial charge in [0.05, 0.1) is 20.3 Å². The van der Waals surface area contributed by atoms with Crippen molar-refractivity contribution in [1.29, 1.82) is 0 Å². The lowest BCUT2D eigenvalue weighted by molar-refractivity contribution is -0.163. The van der Waals surface area contributed by atoms with Crippen molar-refractivity contribution in [3.8, 4) is 0 Å². The lowest BCUT2D eigenvalue weighted by Crippen LogP contribution is -2.55. The number of alkyl carbamates (subject to hydrolysis) is 1. The van der Waals surface area contributed by atoms with E-state index in [0.717, 1.165) is 27.6 Å². The summed E-state index contributed by atoms with van der Waals surface area (Å²) in [4.78, 5) is 73.5. The number of amides is 3. The lowest BCUT2D eigenvalue weighted by atomic mass is 9.78. The Morgan fingerprint density at radius 3 is 2.15 bits per heavy atom. The van der Waals surface area contributed by atoms with Crippen LogP contribution in [0, 0.1) is 5.41 Å². The number of methoxy groups -OCH3 is 2. The second-order valence-corrected chi connectivity index (χ2v) is 14.0. The van der Waals surface area contributed by atoms with Crippen molar-refractivity contribution in [2.45, 2.75) is 70.2 Å². The van der Waals surface area contributed by atoms with Crippen molar-refractivity contribution >= 4 is 40.7 Å². The zero-order valence-corrected chi connectivity index (χ0v) is 30.1. The van der Waals surface area contributed by atoms with E-state index >= 15 is 0 Å². The number of nitrogens with zero attached hydrogens (tertiary/aromatic N) is 1. The Hall–Kier alpha value is -5.65. The number of H-pyrrole nitrogens is 1. The van der Waals surface area contributed by atoms with Crippen LogP contribution in [0.3, 0.4) is 0 Å².